The van der Waals surface area contributed by atoms with Crippen molar-refractivity contribution < 1.29 is 22.7 Å². The van der Waals surface area contributed by atoms with Crippen LogP contribution in [0.3, 0.4) is 0 Å². The van der Waals surface area contributed by atoms with E-state index in [0.717, 1.165) is 23.3 Å². The van der Waals surface area contributed by atoms with Crippen LogP contribution in [0, 0.1) is 11.3 Å². The highest BCUT2D eigenvalue weighted by Crippen LogP contribution is 2.37. The number of nitrogens with one attached hydrogen (secondary N) is 1. The van der Waals surface area contributed by atoms with Crippen LogP contribution in [-0.4, -0.2) is 56.4 Å². The maximum absolute atomic E-state index is 12.9. The molecule has 182 valence electrons. The van der Waals surface area contributed by atoms with Gasteiger partial charge in [0, 0.05) is 30.1 Å². The number of anilines is 1. The van der Waals surface area contributed by atoms with Crippen molar-refractivity contribution in [1.82, 2.24) is 9.21 Å². The highest BCUT2D eigenvalue weighted by atomic mass is 32.2. The molecule has 3 rings (SSSR count). The topological polar surface area (TPSA) is 120 Å². The summed E-state index contributed by atoms with van der Waals surface area (Å²) < 4.78 is 32.0. The van der Waals surface area contributed by atoms with Crippen LogP contribution in [0.5, 0.6) is 0 Å². The first kappa shape index (κ1) is 25.7. The Kier molecular flexibility index (Phi) is 8.30. The van der Waals surface area contributed by atoms with Gasteiger partial charge in [-0.05, 0) is 42.7 Å². The summed E-state index contributed by atoms with van der Waals surface area (Å²) in [5, 5.41) is 12.8. The third-order valence-electron chi connectivity index (χ3n) is 5.70. The molecule has 34 heavy (non-hydrogen) atoms. The SMILES string of the molecule is CCCCN(CC)S(=O)(=O)c1ccc(C(=O)Nc2sc3c(c2C#N)CCN(C(=O)OC)C3)cc1. The van der Waals surface area contributed by atoms with E-state index in [1.807, 2.05) is 6.92 Å². The molecule has 1 N–H and O–H groups in total. The van der Waals surface area contributed by atoms with Crippen LogP contribution >= 0.6 is 11.3 Å². The maximum atomic E-state index is 12.9. The first-order valence-corrected chi connectivity index (χ1v) is 13.3. The molecule has 1 aliphatic heterocycles. The number of sulfonamides is 1. The summed E-state index contributed by atoms with van der Waals surface area (Å²) >= 11 is 1.26. The Morgan fingerprint density at radius 2 is 1.97 bits per heavy atom. The summed E-state index contributed by atoms with van der Waals surface area (Å²) in [6, 6.07) is 7.95. The van der Waals surface area contributed by atoms with Gasteiger partial charge in [-0.1, -0.05) is 20.3 Å². The minimum absolute atomic E-state index is 0.134. The summed E-state index contributed by atoms with van der Waals surface area (Å²) in [5.41, 5.74) is 1.50. The summed E-state index contributed by atoms with van der Waals surface area (Å²) in [7, 11) is -2.31. The first-order valence-electron chi connectivity index (χ1n) is 11.1. The molecule has 11 heteroatoms. The van der Waals surface area contributed by atoms with Gasteiger partial charge in [0.25, 0.3) is 5.91 Å². The number of methoxy groups -OCH3 is 1. The molecule has 0 atom stereocenters. The second-order valence-electron chi connectivity index (χ2n) is 7.79. The number of nitrogens with zero attached hydrogens (tertiary/aromatic N) is 3. The molecule has 0 saturated heterocycles. The van der Waals surface area contributed by atoms with Gasteiger partial charge in [0.15, 0.2) is 0 Å². The Bertz CT molecular complexity index is 1200. The second kappa shape index (κ2) is 11.0. The van der Waals surface area contributed by atoms with Gasteiger partial charge in [-0.15, -0.1) is 11.3 Å². The number of ether oxygens (including phenoxy) is 1. The van der Waals surface area contributed by atoms with Gasteiger partial charge < -0.3 is 15.0 Å². The van der Waals surface area contributed by atoms with Crippen LogP contribution in [-0.2, 0) is 27.7 Å². The zero-order valence-corrected chi connectivity index (χ0v) is 21.1. The van der Waals surface area contributed by atoms with E-state index in [1.165, 1.54) is 47.0 Å². The number of nitriles is 1. The lowest BCUT2D eigenvalue weighted by Crippen LogP contribution is -2.35. The largest absolute Gasteiger partial charge is 0.453 e. The number of amides is 2. The molecule has 1 aromatic carbocycles. The van der Waals surface area contributed by atoms with Crippen molar-refractivity contribution in [3.8, 4) is 6.07 Å². The Labute approximate surface area is 204 Å². The molecule has 0 radical (unpaired) electrons. The number of benzene rings is 1. The van der Waals surface area contributed by atoms with Crippen LogP contribution in [0.15, 0.2) is 29.2 Å². The van der Waals surface area contributed by atoms with Crippen LogP contribution < -0.4 is 5.32 Å². The van der Waals surface area contributed by atoms with Crippen molar-refractivity contribution in [3.05, 3.63) is 45.8 Å². The van der Waals surface area contributed by atoms with Gasteiger partial charge in [0.2, 0.25) is 10.0 Å². The van der Waals surface area contributed by atoms with E-state index >= 15 is 0 Å². The number of hydrogen-bond donors (Lipinski definition) is 1. The fourth-order valence-corrected chi connectivity index (χ4v) is 6.48. The smallest absolute Gasteiger partial charge is 0.409 e. The van der Waals surface area contributed by atoms with Crippen molar-refractivity contribution in [1.29, 1.82) is 5.26 Å². The monoisotopic (exact) mass is 504 g/mol. The zero-order valence-electron chi connectivity index (χ0n) is 19.5. The molecule has 0 aliphatic carbocycles. The highest BCUT2D eigenvalue weighted by molar-refractivity contribution is 7.89. The number of rotatable bonds is 8. The van der Waals surface area contributed by atoms with E-state index in [2.05, 4.69) is 11.4 Å². The Balaban J connectivity index is 1.78. The van der Waals surface area contributed by atoms with E-state index in [-0.39, 0.29) is 10.5 Å². The normalized spacial score (nSPS) is 13.3. The summed E-state index contributed by atoms with van der Waals surface area (Å²) in [6.07, 6.45) is 1.73. The van der Waals surface area contributed by atoms with Crippen LogP contribution in [0.25, 0.3) is 0 Å². The Morgan fingerprint density at radius 3 is 2.56 bits per heavy atom. The minimum Gasteiger partial charge on any atom is -0.453 e. The second-order valence-corrected chi connectivity index (χ2v) is 10.8. The number of carbonyl (C=O) groups excluding carboxylic acids is 2. The van der Waals surface area contributed by atoms with Crippen molar-refractivity contribution >= 4 is 38.4 Å². The van der Waals surface area contributed by atoms with Crippen LogP contribution in [0.2, 0.25) is 0 Å². The summed E-state index contributed by atoms with van der Waals surface area (Å²) in [4.78, 5) is 27.2. The van der Waals surface area contributed by atoms with E-state index in [1.54, 1.807) is 11.8 Å². The lowest BCUT2D eigenvalue weighted by atomic mass is 10.0. The van der Waals surface area contributed by atoms with E-state index in [0.29, 0.717) is 43.2 Å². The third kappa shape index (κ3) is 5.24. The van der Waals surface area contributed by atoms with Gasteiger partial charge in [-0.25, -0.2) is 13.2 Å². The first-order chi connectivity index (χ1) is 16.3. The van der Waals surface area contributed by atoms with E-state index < -0.39 is 22.0 Å². The minimum atomic E-state index is -3.63. The molecule has 0 bridgehead atoms. The van der Waals surface area contributed by atoms with Gasteiger partial charge in [0.1, 0.15) is 11.1 Å². The molecule has 0 fully saturated rings. The third-order valence-corrected chi connectivity index (χ3v) is 8.82. The van der Waals surface area contributed by atoms with Crippen molar-refractivity contribution in [2.45, 2.75) is 44.6 Å². The fraction of sp³-hybridized carbons (Fsp3) is 0.435. The molecule has 2 amide bonds. The molecule has 0 unspecified atom stereocenters. The maximum Gasteiger partial charge on any atom is 0.409 e. The molecule has 0 spiro atoms. The number of unbranched alkanes of at least 4 members (excludes halogenated alkanes) is 1. The number of hydrogen-bond acceptors (Lipinski definition) is 7. The van der Waals surface area contributed by atoms with Crippen LogP contribution in [0.1, 0.15) is 53.1 Å². The molecular weight excluding hydrogens is 476 g/mol. The predicted octanol–water partition coefficient (Wildman–Crippen LogP) is 3.81. The number of fused-ring (bicyclic) bond motifs is 1. The molecule has 1 aromatic heterocycles. The summed E-state index contributed by atoms with van der Waals surface area (Å²) in [5.74, 6) is -0.442. The molecule has 9 nitrogen and oxygen atoms in total. The Hall–Kier alpha value is -2.94. The number of carbonyl (C=O) groups is 2. The van der Waals surface area contributed by atoms with Crippen molar-refractivity contribution in [2.75, 3.05) is 32.1 Å². The van der Waals surface area contributed by atoms with Crippen LogP contribution in [0.4, 0.5) is 9.80 Å². The van der Waals surface area contributed by atoms with Gasteiger partial charge in [-0.2, -0.15) is 9.57 Å². The standard InChI is InChI=1S/C23H28N4O5S2/c1-4-6-12-27(5-2)34(30,31)17-9-7-16(8-10-17)21(28)25-22-19(14-24)18-11-13-26(23(29)32-3)15-20(18)33-22/h7-10H,4-6,11-13,15H2,1-3H3,(H,25,28). The van der Waals surface area contributed by atoms with E-state index in [4.69, 9.17) is 4.74 Å². The molecule has 0 saturated carbocycles. The number of thiophene rings is 1. The van der Waals surface area contributed by atoms with Crippen molar-refractivity contribution in [3.63, 3.8) is 0 Å². The zero-order chi connectivity index (χ0) is 24.9. The molecular formula is C23H28N4O5S2. The van der Waals surface area contributed by atoms with Gasteiger partial charge in [0.05, 0.1) is 24.1 Å². The predicted molar refractivity (Wildman–Crippen MR) is 129 cm³/mol. The Morgan fingerprint density at radius 1 is 1.26 bits per heavy atom. The highest BCUT2D eigenvalue weighted by Gasteiger charge is 2.28. The summed E-state index contributed by atoms with van der Waals surface area (Å²) in [6.45, 7) is 5.37. The average Bonchev–Trinajstić information content (AvgIpc) is 3.19. The average molecular weight is 505 g/mol. The molecule has 2 aromatic rings. The fourth-order valence-electron chi connectivity index (χ4n) is 3.78. The van der Waals surface area contributed by atoms with Crippen molar-refractivity contribution in [2.24, 2.45) is 0 Å². The van der Waals surface area contributed by atoms with E-state index in [9.17, 15) is 23.3 Å². The quantitative estimate of drug-likeness (QED) is 0.584. The lowest BCUT2D eigenvalue weighted by molar-refractivity contribution is 0.102. The van der Waals surface area contributed by atoms with Gasteiger partial charge >= 0.3 is 6.09 Å². The molecule has 1 aliphatic rings. The van der Waals surface area contributed by atoms with Gasteiger partial charge in [-0.3, -0.25) is 4.79 Å². The molecule has 2 heterocycles. The lowest BCUT2D eigenvalue weighted by Gasteiger charge is -2.25.